The van der Waals surface area contributed by atoms with Crippen molar-refractivity contribution in [3.63, 3.8) is 0 Å². The molecule has 4 rings (SSSR count). The molecule has 0 unspecified atom stereocenters. The molecule has 1 saturated carbocycles. The van der Waals surface area contributed by atoms with Crippen LogP contribution in [0, 0.1) is 24.1 Å². The molecule has 1 atom stereocenters. The van der Waals surface area contributed by atoms with Crippen molar-refractivity contribution in [3.8, 4) is 0 Å². The van der Waals surface area contributed by atoms with Gasteiger partial charge in [-0.25, -0.2) is 13.2 Å². The van der Waals surface area contributed by atoms with Crippen molar-refractivity contribution in [1.82, 2.24) is 13.5 Å². The minimum atomic E-state index is -3.65. The van der Waals surface area contributed by atoms with Gasteiger partial charge in [0.05, 0.1) is 0 Å². The molecule has 36 heavy (non-hydrogen) atoms. The fraction of sp³-hybridized carbons (Fsp3) is 0.480. The molecule has 1 saturated heterocycles. The smallest absolute Gasteiger partial charge is 0.281 e. The van der Waals surface area contributed by atoms with Gasteiger partial charge < -0.3 is 10.7 Å². The molecule has 2 aliphatic rings. The predicted octanol–water partition coefficient (Wildman–Crippen LogP) is 4.39. The predicted molar refractivity (Wildman–Crippen MR) is 135 cm³/mol. The number of anilines is 2. The van der Waals surface area contributed by atoms with Crippen LogP contribution in [-0.2, 0) is 10.2 Å². The average Bonchev–Trinajstić information content (AvgIpc) is 2.80. The molecule has 0 aromatic heterocycles. The van der Waals surface area contributed by atoms with Crippen LogP contribution in [0.2, 0.25) is 0 Å². The molecule has 2 aromatic carbocycles. The Morgan fingerprint density at radius 3 is 2.42 bits per heavy atom. The molecule has 1 heterocycles. The highest BCUT2D eigenvalue weighted by molar-refractivity contribution is 7.86. The molecular weight excluding hydrogens is 491 g/mol. The Kier molecular flexibility index (Phi) is 7.47. The van der Waals surface area contributed by atoms with Gasteiger partial charge in [-0.2, -0.15) is 17.0 Å². The summed E-state index contributed by atoms with van der Waals surface area (Å²) in [7, 11) is -0.677. The lowest BCUT2D eigenvalue weighted by Gasteiger charge is -2.46. The molecule has 11 heteroatoms. The lowest BCUT2D eigenvalue weighted by Crippen LogP contribution is -2.55. The van der Waals surface area contributed by atoms with Gasteiger partial charge in [0.2, 0.25) is 5.92 Å². The fourth-order valence-electron chi connectivity index (χ4n) is 5.01. The first-order valence-corrected chi connectivity index (χ1v) is 13.3. The Morgan fingerprint density at radius 1 is 1.17 bits per heavy atom. The third-order valence-corrected chi connectivity index (χ3v) is 8.89. The van der Waals surface area contributed by atoms with Crippen molar-refractivity contribution in [1.29, 1.82) is 5.41 Å². The van der Waals surface area contributed by atoms with Crippen LogP contribution in [0.15, 0.2) is 36.4 Å². The molecule has 2 fully saturated rings. The third-order valence-electron chi connectivity index (χ3n) is 6.98. The van der Waals surface area contributed by atoms with Gasteiger partial charge in [-0.1, -0.05) is 0 Å². The molecular formula is C25H32F3N5O2S. The minimum Gasteiger partial charge on any atom is -0.355 e. The van der Waals surface area contributed by atoms with Gasteiger partial charge in [0.1, 0.15) is 5.82 Å². The molecule has 1 aliphatic heterocycles. The van der Waals surface area contributed by atoms with E-state index in [1.54, 1.807) is 12.1 Å². The number of nitrogens with zero attached hydrogens (tertiary/aromatic N) is 3. The maximum absolute atomic E-state index is 13.5. The first-order valence-electron chi connectivity index (χ1n) is 11.9. The Balaban J connectivity index is 1.66. The van der Waals surface area contributed by atoms with Crippen LogP contribution in [0.25, 0.3) is 0 Å². The second-order valence-corrected chi connectivity index (χ2v) is 12.0. The van der Waals surface area contributed by atoms with Crippen molar-refractivity contribution in [2.45, 2.75) is 31.7 Å². The van der Waals surface area contributed by atoms with Crippen LogP contribution in [0.4, 0.5) is 24.5 Å². The second-order valence-electron chi connectivity index (χ2n) is 9.86. The summed E-state index contributed by atoms with van der Waals surface area (Å²) >= 11 is 0. The quantitative estimate of drug-likeness (QED) is 0.503. The summed E-state index contributed by atoms with van der Waals surface area (Å²) in [6.45, 7) is 3.27. The summed E-state index contributed by atoms with van der Waals surface area (Å²) in [5.41, 5.74) is 3.64. The Bertz CT molecular complexity index is 1210. The van der Waals surface area contributed by atoms with Crippen molar-refractivity contribution in [2.24, 2.45) is 5.92 Å². The maximum Gasteiger partial charge on any atom is 0.281 e. The highest BCUT2D eigenvalue weighted by Crippen LogP contribution is 2.44. The molecule has 7 nitrogen and oxygen atoms in total. The standard InChI is InChI=1S/C25H32F3N5O2S/c1-17-10-23(30-21-6-4-20(26)5-7-21)19(14-29)11-22(17)24-16-33(36(34,35)31(2)3)9-8-32(24)15-18-12-25(27,28)13-18/h4-7,10-11,14,18,24,29-30H,8-9,12-13,15-16H2,1-3H3/t24-/m0/s1. The van der Waals surface area contributed by atoms with E-state index >= 15 is 0 Å². The topological polar surface area (TPSA) is 79.7 Å². The summed E-state index contributed by atoms with van der Waals surface area (Å²) in [5, 5.41) is 11.2. The lowest BCUT2D eigenvalue weighted by atomic mass is 9.80. The second kappa shape index (κ2) is 10.1. The highest BCUT2D eigenvalue weighted by Gasteiger charge is 2.47. The Labute approximate surface area is 210 Å². The highest BCUT2D eigenvalue weighted by atomic mass is 32.2. The number of rotatable bonds is 8. The van der Waals surface area contributed by atoms with Crippen LogP contribution in [0.3, 0.4) is 0 Å². The summed E-state index contributed by atoms with van der Waals surface area (Å²) in [4.78, 5) is 2.10. The van der Waals surface area contributed by atoms with Crippen LogP contribution in [0.1, 0.15) is 35.6 Å². The normalized spacial score (nSPS) is 21.4. The number of halogens is 3. The van der Waals surface area contributed by atoms with E-state index in [9.17, 15) is 21.6 Å². The van der Waals surface area contributed by atoms with E-state index in [1.165, 1.54) is 41.1 Å². The average molecular weight is 524 g/mol. The summed E-state index contributed by atoms with van der Waals surface area (Å²) in [6.07, 6.45) is 0.908. The van der Waals surface area contributed by atoms with Crippen molar-refractivity contribution in [3.05, 3.63) is 58.9 Å². The van der Waals surface area contributed by atoms with Crippen molar-refractivity contribution in [2.75, 3.05) is 45.6 Å². The fourth-order valence-corrected chi connectivity index (χ4v) is 6.12. The number of hydrogen-bond acceptors (Lipinski definition) is 5. The van der Waals surface area contributed by atoms with Crippen LogP contribution < -0.4 is 5.32 Å². The zero-order valence-electron chi connectivity index (χ0n) is 20.6. The summed E-state index contributed by atoms with van der Waals surface area (Å²) in [5.74, 6) is -3.10. The molecule has 1 aliphatic carbocycles. The molecule has 2 aromatic rings. The zero-order valence-corrected chi connectivity index (χ0v) is 21.5. The summed E-state index contributed by atoms with van der Waals surface area (Å²) in [6, 6.07) is 9.29. The van der Waals surface area contributed by atoms with Crippen LogP contribution in [-0.4, -0.2) is 74.3 Å². The van der Waals surface area contributed by atoms with E-state index in [1.807, 2.05) is 19.1 Å². The van der Waals surface area contributed by atoms with E-state index in [0.717, 1.165) is 11.1 Å². The van der Waals surface area contributed by atoms with Gasteiger partial charge in [-0.15, -0.1) is 0 Å². The van der Waals surface area contributed by atoms with E-state index in [-0.39, 0.29) is 43.7 Å². The van der Waals surface area contributed by atoms with E-state index in [0.29, 0.717) is 30.0 Å². The molecule has 0 amide bonds. The molecule has 0 radical (unpaired) electrons. The van der Waals surface area contributed by atoms with E-state index in [4.69, 9.17) is 5.41 Å². The number of alkyl halides is 2. The number of piperazine rings is 1. The van der Waals surface area contributed by atoms with Gasteiger partial charge >= 0.3 is 0 Å². The van der Waals surface area contributed by atoms with Gasteiger partial charge in [-0.3, -0.25) is 4.90 Å². The molecule has 0 bridgehead atoms. The van der Waals surface area contributed by atoms with Crippen LogP contribution in [0.5, 0.6) is 0 Å². The van der Waals surface area contributed by atoms with Crippen molar-refractivity contribution < 1.29 is 21.6 Å². The first kappa shape index (κ1) is 26.6. The van der Waals surface area contributed by atoms with E-state index in [2.05, 4.69) is 10.2 Å². The van der Waals surface area contributed by atoms with Crippen molar-refractivity contribution >= 4 is 27.8 Å². The zero-order chi connectivity index (χ0) is 26.3. The number of benzene rings is 2. The molecule has 196 valence electrons. The third kappa shape index (κ3) is 5.59. The van der Waals surface area contributed by atoms with E-state index < -0.39 is 16.1 Å². The largest absolute Gasteiger partial charge is 0.355 e. The minimum absolute atomic E-state index is 0.138. The lowest BCUT2D eigenvalue weighted by molar-refractivity contribution is -0.120. The number of nitrogens with one attached hydrogen (secondary N) is 2. The van der Waals surface area contributed by atoms with Gasteiger partial charge in [0.25, 0.3) is 10.2 Å². The van der Waals surface area contributed by atoms with Gasteiger partial charge in [0.15, 0.2) is 0 Å². The van der Waals surface area contributed by atoms with Gasteiger partial charge in [-0.05, 0) is 60.4 Å². The number of hydrogen-bond donors (Lipinski definition) is 2. The first-order chi connectivity index (χ1) is 16.9. The SMILES string of the molecule is Cc1cc(Nc2ccc(F)cc2)c(C=N)cc1[C@@H]1CN(S(=O)(=O)N(C)C)CCN1CC1CC(F)(F)C1. The molecule has 0 spiro atoms. The Morgan fingerprint density at radius 2 is 1.83 bits per heavy atom. The Hall–Kier alpha value is -2.47. The summed E-state index contributed by atoms with van der Waals surface area (Å²) < 4.78 is 68.7. The number of aryl methyl sites for hydroxylation is 1. The monoisotopic (exact) mass is 523 g/mol. The van der Waals surface area contributed by atoms with Crippen LogP contribution >= 0.6 is 0 Å². The molecule has 2 N–H and O–H groups in total. The van der Waals surface area contributed by atoms with Gasteiger partial charge in [0, 0.05) is 82.3 Å². The maximum atomic E-state index is 13.5.